The van der Waals surface area contributed by atoms with Crippen molar-refractivity contribution in [2.75, 3.05) is 0 Å². The summed E-state index contributed by atoms with van der Waals surface area (Å²) in [5, 5.41) is 19.3. The van der Waals surface area contributed by atoms with Gasteiger partial charge in [-0.15, -0.1) is 0 Å². The van der Waals surface area contributed by atoms with Crippen LogP contribution in [0.1, 0.15) is 6.92 Å². The average molecular weight is 165 g/mol. The van der Waals surface area contributed by atoms with Crippen molar-refractivity contribution in [1.82, 2.24) is 10.8 Å². The zero-order valence-corrected chi connectivity index (χ0v) is 6.83. The summed E-state index contributed by atoms with van der Waals surface area (Å²) in [6, 6.07) is 1.96. The highest BCUT2D eigenvalue weighted by molar-refractivity contribution is 5.38. The number of hydrogen-bond donors (Lipinski definition) is 3. The molecule has 0 bridgehead atoms. The van der Waals surface area contributed by atoms with Gasteiger partial charge in [0.25, 0.3) is 0 Å². The normalized spacial score (nSPS) is 10.9. The predicted molar refractivity (Wildman–Crippen MR) is 45.7 cm³/mol. The zero-order chi connectivity index (χ0) is 9.40. The molecule has 0 spiro atoms. The highest BCUT2D eigenvalue weighted by atomic mass is 16.5. The van der Waals surface area contributed by atoms with Crippen LogP contribution >= 0.6 is 0 Å². The quantitative estimate of drug-likeness (QED) is 0.330. The van der Waals surface area contributed by atoms with E-state index in [1.54, 1.807) is 6.92 Å². The van der Waals surface area contributed by atoms with Crippen molar-refractivity contribution >= 4 is 0 Å². The lowest BCUT2D eigenvalue weighted by molar-refractivity contribution is 0.214. The lowest BCUT2D eigenvalue weighted by Gasteiger charge is -1.94. The summed E-state index contributed by atoms with van der Waals surface area (Å²) in [6.45, 7) is 5.35. The van der Waals surface area contributed by atoms with E-state index in [0.717, 1.165) is 0 Å². The molecular weight excluding hydrogens is 154 g/mol. The molecule has 0 heterocycles. The minimum absolute atomic E-state index is 0.470. The number of hydrogen-bond acceptors (Lipinski definition) is 4. The van der Waals surface area contributed by atoms with Gasteiger partial charge in [-0.1, -0.05) is 6.58 Å². The molecule has 0 aromatic carbocycles. The fourth-order valence-electron chi connectivity index (χ4n) is 0.468. The van der Waals surface area contributed by atoms with Crippen molar-refractivity contribution in [2.45, 2.75) is 6.92 Å². The molecule has 12 heavy (non-hydrogen) atoms. The second-order valence-corrected chi connectivity index (χ2v) is 2.08. The van der Waals surface area contributed by atoms with Crippen LogP contribution in [0.4, 0.5) is 0 Å². The molecule has 3 N–H and O–H groups in total. The van der Waals surface area contributed by atoms with E-state index in [0.29, 0.717) is 11.1 Å². The Morgan fingerprint density at radius 2 is 2.25 bits per heavy atom. The van der Waals surface area contributed by atoms with Gasteiger partial charge in [-0.25, -0.2) is 0 Å². The molecule has 0 aromatic rings. The van der Waals surface area contributed by atoms with Crippen LogP contribution in [0.2, 0.25) is 0 Å². The van der Waals surface area contributed by atoms with Gasteiger partial charge in [0, 0.05) is 18.6 Å². The molecule has 0 rings (SSSR count). The highest BCUT2D eigenvalue weighted by Crippen LogP contribution is 2.02. The number of nitrogens with one attached hydrogen (secondary N) is 2. The van der Waals surface area contributed by atoms with Crippen molar-refractivity contribution < 1.29 is 5.21 Å². The maximum atomic E-state index is 8.54. The molecule has 0 radical (unpaired) electrons. The van der Waals surface area contributed by atoms with E-state index in [4.69, 9.17) is 10.5 Å². The van der Waals surface area contributed by atoms with E-state index >= 15 is 0 Å². The Hall–Kier alpha value is -1.73. The smallest absolute Gasteiger partial charge is 0.101 e. The summed E-state index contributed by atoms with van der Waals surface area (Å²) >= 11 is 0. The zero-order valence-electron chi connectivity index (χ0n) is 6.83. The minimum atomic E-state index is 0.470. The first-order valence-electron chi connectivity index (χ1n) is 3.29. The van der Waals surface area contributed by atoms with Crippen molar-refractivity contribution in [3.8, 4) is 6.07 Å². The molecule has 0 aromatic heterocycles. The van der Waals surface area contributed by atoms with Gasteiger partial charge in [0.2, 0.25) is 0 Å². The van der Waals surface area contributed by atoms with Gasteiger partial charge in [0.1, 0.15) is 6.07 Å². The third-order valence-electron chi connectivity index (χ3n) is 1.06. The second-order valence-electron chi connectivity index (χ2n) is 2.08. The van der Waals surface area contributed by atoms with Gasteiger partial charge in [-0.3, -0.25) is 10.7 Å². The Labute approximate surface area is 71.5 Å². The van der Waals surface area contributed by atoms with Gasteiger partial charge >= 0.3 is 0 Å². The minimum Gasteiger partial charge on any atom is -0.365 e. The summed E-state index contributed by atoms with van der Waals surface area (Å²) in [7, 11) is 0. The molecule has 0 aliphatic heterocycles. The van der Waals surface area contributed by atoms with Crippen molar-refractivity contribution in [1.29, 1.82) is 5.26 Å². The van der Waals surface area contributed by atoms with Crippen LogP contribution in [-0.2, 0) is 0 Å². The molecule has 0 amide bonds. The summed E-state index contributed by atoms with van der Waals surface area (Å²) in [4.78, 5) is 0. The maximum absolute atomic E-state index is 8.54. The van der Waals surface area contributed by atoms with Crippen molar-refractivity contribution in [3.05, 3.63) is 36.3 Å². The first-order chi connectivity index (χ1) is 5.72. The van der Waals surface area contributed by atoms with Crippen LogP contribution in [-0.4, -0.2) is 5.21 Å². The first kappa shape index (κ1) is 10.3. The Balaban J connectivity index is 4.06. The fourth-order valence-corrected chi connectivity index (χ4v) is 0.468. The summed E-state index contributed by atoms with van der Waals surface area (Å²) < 4.78 is 0. The number of rotatable bonds is 4. The van der Waals surface area contributed by atoms with Gasteiger partial charge < -0.3 is 5.32 Å². The Morgan fingerprint density at radius 3 is 2.67 bits per heavy atom. The molecule has 0 aliphatic carbocycles. The standard InChI is InChI=1S/C8H11N3O/c1-7(2)8(5-9)6-10-3-4-11-12/h3-4,6,10-12H,1H2,2H3/b4-3-,8-6+. The van der Waals surface area contributed by atoms with Crippen LogP contribution in [0.3, 0.4) is 0 Å². The highest BCUT2D eigenvalue weighted by Gasteiger charge is 1.92. The average Bonchev–Trinajstić information content (AvgIpc) is 2.04. The summed E-state index contributed by atoms with van der Waals surface area (Å²) in [6.07, 6.45) is 4.22. The van der Waals surface area contributed by atoms with E-state index in [9.17, 15) is 0 Å². The molecule has 0 unspecified atom stereocenters. The lowest BCUT2D eigenvalue weighted by atomic mass is 10.2. The molecule has 0 aliphatic rings. The van der Waals surface area contributed by atoms with Crippen LogP contribution in [0, 0.1) is 11.3 Å². The number of nitrogens with zero attached hydrogens (tertiary/aromatic N) is 1. The summed E-state index contributed by atoms with van der Waals surface area (Å²) in [5.41, 5.74) is 2.97. The summed E-state index contributed by atoms with van der Waals surface area (Å²) in [5.74, 6) is 0. The van der Waals surface area contributed by atoms with Crippen LogP contribution in [0.25, 0.3) is 0 Å². The van der Waals surface area contributed by atoms with E-state index in [1.807, 2.05) is 11.5 Å². The van der Waals surface area contributed by atoms with Gasteiger partial charge in [0.05, 0.1) is 5.57 Å². The van der Waals surface area contributed by atoms with E-state index in [1.165, 1.54) is 18.6 Å². The van der Waals surface area contributed by atoms with Crippen LogP contribution < -0.4 is 10.8 Å². The Bertz CT molecular complexity index is 248. The van der Waals surface area contributed by atoms with Gasteiger partial charge in [0.15, 0.2) is 0 Å². The molecule has 4 heteroatoms. The maximum Gasteiger partial charge on any atom is 0.101 e. The van der Waals surface area contributed by atoms with Crippen LogP contribution in [0.15, 0.2) is 36.3 Å². The Kier molecular flexibility index (Phi) is 5.14. The first-order valence-corrected chi connectivity index (χ1v) is 3.29. The molecule has 0 fully saturated rings. The molecule has 0 saturated heterocycles. The SMILES string of the molecule is C=C(C)/C(C#N)=C/N/C=C\NO. The lowest BCUT2D eigenvalue weighted by Crippen LogP contribution is -2.00. The number of nitriles is 1. The fraction of sp³-hybridized carbons (Fsp3) is 0.125. The van der Waals surface area contributed by atoms with Gasteiger partial charge in [-0.2, -0.15) is 5.26 Å². The topological polar surface area (TPSA) is 68.1 Å². The third-order valence-corrected chi connectivity index (χ3v) is 1.06. The largest absolute Gasteiger partial charge is 0.365 e. The molecular formula is C8H11N3O. The molecule has 0 atom stereocenters. The molecule has 64 valence electrons. The van der Waals surface area contributed by atoms with Crippen molar-refractivity contribution in [2.24, 2.45) is 0 Å². The van der Waals surface area contributed by atoms with E-state index < -0.39 is 0 Å². The van der Waals surface area contributed by atoms with E-state index in [-0.39, 0.29) is 0 Å². The molecule has 4 nitrogen and oxygen atoms in total. The third kappa shape index (κ3) is 4.14. The van der Waals surface area contributed by atoms with Crippen molar-refractivity contribution in [3.63, 3.8) is 0 Å². The molecule has 0 saturated carbocycles. The predicted octanol–water partition coefficient (Wildman–Crippen LogP) is 1.01. The Morgan fingerprint density at radius 1 is 1.58 bits per heavy atom. The number of allylic oxidation sites excluding steroid dienone is 2. The number of hydroxylamine groups is 1. The van der Waals surface area contributed by atoms with Gasteiger partial charge in [-0.05, 0) is 12.5 Å². The monoisotopic (exact) mass is 165 g/mol. The second kappa shape index (κ2) is 6.01. The van der Waals surface area contributed by atoms with Crippen LogP contribution in [0.5, 0.6) is 0 Å². The van der Waals surface area contributed by atoms with E-state index in [2.05, 4.69) is 11.9 Å².